The van der Waals surface area contributed by atoms with Crippen LogP contribution in [0.4, 0.5) is 0 Å². The van der Waals surface area contributed by atoms with E-state index in [0.29, 0.717) is 12.8 Å². The lowest BCUT2D eigenvalue weighted by Crippen LogP contribution is -2.51. The number of rotatable bonds is 7. The third-order valence-electron chi connectivity index (χ3n) is 3.57. The van der Waals surface area contributed by atoms with Crippen molar-refractivity contribution in [1.82, 2.24) is 5.06 Å². The summed E-state index contributed by atoms with van der Waals surface area (Å²) in [6, 6.07) is -1.19. The van der Waals surface area contributed by atoms with Gasteiger partial charge in [-0.25, -0.2) is 9.86 Å². The zero-order chi connectivity index (χ0) is 17.7. The highest BCUT2D eigenvalue weighted by atomic mass is 16.6. The predicted octanol–water partition coefficient (Wildman–Crippen LogP) is 2.58. The van der Waals surface area contributed by atoms with Gasteiger partial charge in [-0.05, 0) is 33.1 Å². The topological polar surface area (TPSA) is 83.9 Å². The highest BCUT2D eigenvalue weighted by Gasteiger charge is 2.39. The molecule has 0 saturated heterocycles. The van der Waals surface area contributed by atoms with Crippen LogP contribution in [0.1, 0.15) is 61.3 Å². The van der Waals surface area contributed by atoms with Crippen molar-refractivity contribution in [2.45, 2.75) is 73.0 Å². The Balaban J connectivity index is 5.31. The van der Waals surface area contributed by atoms with E-state index < -0.39 is 35.2 Å². The van der Waals surface area contributed by atoms with Crippen molar-refractivity contribution in [3.63, 3.8) is 0 Å². The van der Waals surface area contributed by atoms with Gasteiger partial charge in [-0.3, -0.25) is 14.8 Å². The molecule has 0 rings (SSSR count). The third kappa shape index (κ3) is 5.75. The standard InChI is InChI=1S/C16H29NO5/c1-8-10(3)12(15(20)22-16(5,6)7)17(21)14(19)13(18)11(4)9-2/h10-12,21H,8-9H2,1-7H3/t10-,11?,12-/m0/s1. The van der Waals surface area contributed by atoms with Crippen molar-refractivity contribution in [2.75, 3.05) is 0 Å². The molecule has 1 amide bonds. The zero-order valence-corrected chi connectivity index (χ0v) is 14.7. The van der Waals surface area contributed by atoms with Gasteiger partial charge in [-0.1, -0.05) is 34.1 Å². The van der Waals surface area contributed by atoms with E-state index in [1.54, 1.807) is 41.5 Å². The lowest BCUT2D eigenvalue weighted by Gasteiger charge is -2.31. The molecule has 3 atom stereocenters. The summed E-state index contributed by atoms with van der Waals surface area (Å²) in [5.74, 6) is -3.33. The lowest BCUT2D eigenvalue weighted by molar-refractivity contribution is -0.199. The Morgan fingerprint density at radius 3 is 1.95 bits per heavy atom. The van der Waals surface area contributed by atoms with Crippen LogP contribution >= 0.6 is 0 Å². The molecule has 1 N–H and O–H groups in total. The molecular formula is C16H29NO5. The molecular weight excluding hydrogens is 286 g/mol. The Morgan fingerprint density at radius 2 is 1.59 bits per heavy atom. The number of Topliss-reactive ketones (excluding diaryl/α,β-unsaturated/α-hetero) is 1. The van der Waals surface area contributed by atoms with Gasteiger partial charge < -0.3 is 4.74 Å². The molecule has 0 radical (unpaired) electrons. The summed E-state index contributed by atoms with van der Waals surface area (Å²) in [6.07, 6.45) is 1.03. The Hall–Kier alpha value is -1.43. The van der Waals surface area contributed by atoms with Gasteiger partial charge in [-0.2, -0.15) is 0 Å². The molecule has 22 heavy (non-hydrogen) atoms. The van der Waals surface area contributed by atoms with E-state index in [4.69, 9.17) is 4.74 Å². The van der Waals surface area contributed by atoms with Crippen molar-refractivity contribution >= 4 is 17.7 Å². The average Bonchev–Trinajstić information content (AvgIpc) is 2.42. The summed E-state index contributed by atoms with van der Waals surface area (Å²) in [7, 11) is 0. The van der Waals surface area contributed by atoms with Gasteiger partial charge in [0.2, 0.25) is 5.78 Å². The van der Waals surface area contributed by atoms with E-state index in [0.717, 1.165) is 0 Å². The summed E-state index contributed by atoms with van der Waals surface area (Å²) < 4.78 is 5.26. The molecule has 6 nitrogen and oxygen atoms in total. The highest BCUT2D eigenvalue weighted by molar-refractivity contribution is 6.36. The molecule has 0 bridgehead atoms. The minimum atomic E-state index is -1.19. The monoisotopic (exact) mass is 315 g/mol. The van der Waals surface area contributed by atoms with Crippen LogP contribution in [0.5, 0.6) is 0 Å². The summed E-state index contributed by atoms with van der Waals surface area (Å²) in [5, 5.41) is 10.4. The van der Waals surface area contributed by atoms with Gasteiger partial charge in [0.15, 0.2) is 6.04 Å². The van der Waals surface area contributed by atoms with Crippen LogP contribution < -0.4 is 0 Å². The minimum Gasteiger partial charge on any atom is -0.458 e. The summed E-state index contributed by atoms with van der Waals surface area (Å²) in [4.78, 5) is 36.3. The number of hydrogen-bond donors (Lipinski definition) is 1. The van der Waals surface area contributed by atoms with Crippen LogP contribution in [0, 0.1) is 11.8 Å². The lowest BCUT2D eigenvalue weighted by atomic mass is 9.97. The van der Waals surface area contributed by atoms with E-state index in [2.05, 4.69) is 0 Å². The van der Waals surface area contributed by atoms with Gasteiger partial charge in [0, 0.05) is 5.92 Å². The maximum Gasteiger partial charge on any atom is 0.332 e. The molecule has 0 aromatic rings. The second-order valence-electron chi connectivity index (χ2n) is 6.69. The molecule has 0 heterocycles. The Bertz CT molecular complexity index is 413. The van der Waals surface area contributed by atoms with Crippen LogP contribution in [0.25, 0.3) is 0 Å². The Morgan fingerprint density at radius 1 is 1.09 bits per heavy atom. The highest BCUT2D eigenvalue weighted by Crippen LogP contribution is 2.20. The number of carbonyl (C=O) groups is 3. The van der Waals surface area contributed by atoms with Gasteiger partial charge in [-0.15, -0.1) is 0 Å². The van der Waals surface area contributed by atoms with Crippen molar-refractivity contribution in [3.8, 4) is 0 Å². The van der Waals surface area contributed by atoms with Crippen LogP contribution in [0.2, 0.25) is 0 Å². The fourth-order valence-corrected chi connectivity index (χ4v) is 1.79. The number of hydroxylamine groups is 2. The molecule has 0 aromatic heterocycles. The smallest absolute Gasteiger partial charge is 0.332 e. The maximum atomic E-state index is 12.3. The van der Waals surface area contributed by atoms with E-state index >= 15 is 0 Å². The van der Waals surface area contributed by atoms with E-state index in [1.807, 2.05) is 6.92 Å². The van der Waals surface area contributed by atoms with Gasteiger partial charge in [0.25, 0.3) is 0 Å². The molecule has 0 saturated carbocycles. The first-order valence-electron chi connectivity index (χ1n) is 7.75. The normalized spacial score (nSPS) is 15.6. The maximum absolute atomic E-state index is 12.3. The number of ketones is 1. The van der Waals surface area contributed by atoms with Crippen LogP contribution in [-0.2, 0) is 19.1 Å². The number of carbonyl (C=O) groups excluding carboxylic acids is 3. The molecule has 0 aliphatic carbocycles. The first kappa shape index (κ1) is 20.6. The molecule has 6 heteroatoms. The number of hydrogen-bond acceptors (Lipinski definition) is 5. The second-order valence-corrected chi connectivity index (χ2v) is 6.69. The van der Waals surface area contributed by atoms with Crippen LogP contribution in [0.15, 0.2) is 0 Å². The fraction of sp³-hybridized carbons (Fsp3) is 0.812. The molecule has 1 unspecified atom stereocenters. The van der Waals surface area contributed by atoms with Crippen molar-refractivity contribution in [1.29, 1.82) is 0 Å². The summed E-state index contributed by atoms with van der Waals surface area (Å²) in [5.41, 5.74) is -0.743. The quantitative estimate of drug-likeness (QED) is 0.338. The largest absolute Gasteiger partial charge is 0.458 e. The first-order valence-corrected chi connectivity index (χ1v) is 7.75. The SMILES string of the molecule is CCC(C)C(=O)C(=O)N(O)[C@H](C(=O)OC(C)(C)C)[C@@H](C)CC. The molecule has 0 aliphatic rings. The van der Waals surface area contributed by atoms with Gasteiger partial charge in [0.05, 0.1) is 0 Å². The second kappa shape index (κ2) is 8.27. The Labute approximate surface area is 132 Å². The molecule has 0 spiro atoms. The van der Waals surface area contributed by atoms with Crippen molar-refractivity contribution in [3.05, 3.63) is 0 Å². The van der Waals surface area contributed by atoms with Crippen LogP contribution in [-0.4, -0.2) is 39.6 Å². The van der Waals surface area contributed by atoms with Gasteiger partial charge >= 0.3 is 11.9 Å². The zero-order valence-electron chi connectivity index (χ0n) is 14.7. The van der Waals surface area contributed by atoms with Crippen molar-refractivity contribution < 1.29 is 24.3 Å². The molecule has 0 aromatic carbocycles. The molecule has 0 aliphatic heterocycles. The Kier molecular flexibility index (Phi) is 7.73. The molecule has 0 fully saturated rings. The number of amides is 1. The number of nitrogens with zero attached hydrogens (tertiary/aromatic N) is 1. The minimum absolute atomic E-state index is 0.247. The fourth-order valence-electron chi connectivity index (χ4n) is 1.79. The van der Waals surface area contributed by atoms with Gasteiger partial charge in [0.1, 0.15) is 5.60 Å². The van der Waals surface area contributed by atoms with Crippen LogP contribution in [0.3, 0.4) is 0 Å². The van der Waals surface area contributed by atoms with E-state index in [1.165, 1.54) is 0 Å². The van der Waals surface area contributed by atoms with Crippen molar-refractivity contribution in [2.24, 2.45) is 11.8 Å². The first-order chi connectivity index (χ1) is 9.96. The summed E-state index contributed by atoms with van der Waals surface area (Å²) in [6.45, 7) is 12.0. The third-order valence-corrected chi connectivity index (χ3v) is 3.57. The van der Waals surface area contributed by atoms with E-state index in [9.17, 15) is 19.6 Å². The summed E-state index contributed by atoms with van der Waals surface area (Å²) >= 11 is 0. The predicted molar refractivity (Wildman–Crippen MR) is 82.2 cm³/mol. The number of esters is 1. The van der Waals surface area contributed by atoms with E-state index in [-0.39, 0.29) is 11.0 Å². The molecule has 128 valence electrons. The number of ether oxygens (including phenoxy) is 1. The average molecular weight is 315 g/mol.